The Labute approximate surface area is 249 Å². The van der Waals surface area contributed by atoms with Crippen molar-refractivity contribution < 1.29 is 38.7 Å². The molecule has 0 aromatic heterocycles. The van der Waals surface area contributed by atoms with Crippen molar-refractivity contribution in [3.05, 3.63) is 48.8 Å². The predicted molar refractivity (Wildman–Crippen MR) is 166 cm³/mol. The van der Waals surface area contributed by atoms with Crippen molar-refractivity contribution in [2.75, 3.05) is 28.4 Å². The van der Waals surface area contributed by atoms with Crippen molar-refractivity contribution in [3.8, 4) is 34.5 Å². The summed E-state index contributed by atoms with van der Waals surface area (Å²) in [7, 11) is 5.36. The second kappa shape index (κ2) is 9.63. The highest BCUT2D eigenvalue weighted by Crippen LogP contribution is 2.58. The van der Waals surface area contributed by atoms with Crippen LogP contribution in [0, 0.1) is 0 Å². The molecule has 10 nitrogen and oxygen atoms in total. The van der Waals surface area contributed by atoms with Gasteiger partial charge in [-0.15, -0.1) is 12.6 Å². The SMILES string of the molecule is COc1c(O)c2c(=O)cc(OC)c3c4c(OC)c(CC(=O)S)c(=O)c5c(O)c(OC)c6c(c(c1C(C(C)=O)=C(C)C6)c23)c54. The Kier molecular flexibility index (Phi) is 6.35. The Bertz CT molecular complexity index is 2250. The van der Waals surface area contributed by atoms with Gasteiger partial charge in [0.25, 0.3) is 0 Å². The smallest absolute Gasteiger partial charge is 0.197 e. The molecule has 0 saturated carbocycles. The fraction of sp³-hybridized carbons (Fsp3) is 0.250. The number of carbonyl (C=O) groups excluding carboxylic acids is 2. The number of phenols is 2. The van der Waals surface area contributed by atoms with Crippen LogP contribution in [0.3, 0.4) is 0 Å². The Morgan fingerprint density at radius 3 is 1.95 bits per heavy atom. The molecule has 0 saturated heterocycles. The molecule has 1 aliphatic rings. The average molecular weight is 603 g/mol. The van der Waals surface area contributed by atoms with Crippen molar-refractivity contribution in [3.63, 3.8) is 0 Å². The fourth-order valence-corrected chi connectivity index (χ4v) is 7.08. The van der Waals surface area contributed by atoms with Crippen LogP contribution in [0.5, 0.6) is 34.5 Å². The van der Waals surface area contributed by atoms with Gasteiger partial charge in [-0.1, -0.05) is 5.57 Å². The van der Waals surface area contributed by atoms with Crippen LogP contribution in [0.15, 0.2) is 21.2 Å². The van der Waals surface area contributed by atoms with Crippen LogP contribution < -0.4 is 29.8 Å². The first-order valence-electron chi connectivity index (χ1n) is 13.2. The summed E-state index contributed by atoms with van der Waals surface area (Å²) < 4.78 is 22.9. The van der Waals surface area contributed by atoms with Gasteiger partial charge in [0.15, 0.2) is 44.8 Å². The molecule has 2 N–H and O–H groups in total. The Morgan fingerprint density at radius 1 is 0.791 bits per heavy atom. The molecular formula is C32H26O10S. The minimum Gasteiger partial charge on any atom is -0.504 e. The molecule has 0 atom stereocenters. The van der Waals surface area contributed by atoms with E-state index in [1.54, 1.807) is 6.92 Å². The van der Waals surface area contributed by atoms with E-state index in [-0.39, 0.29) is 84.2 Å². The molecule has 6 rings (SSSR count). The third-order valence-electron chi connectivity index (χ3n) is 8.35. The van der Waals surface area contributed by atoms with Crippen molar-refractivity contribution in [2.24, 2.45) is 0 Å². The molecule has 0 heterocycles. The van der Waals surface area contributed by atoms with E-state index in [2.05, 4.69) is 12.6 Å². The van der Waals surface area contributed by atoms with Gasteiger partial charge in [-0.2, -0.15) is 0 Å². The van der Waals surface area contributed by atoms with E-state index in [0.717, 1.165) is 0 Å². The van der Waals surface area contributed by atoms with E-state index in [1.165, 1.54) is 41.4 Å². The zero-order valence-corrected chi connectivity index (χ0v) is 25.0. The van der Waals surface area contributed by atoms with E-state index in [4.69, 9.17) is 18.9 Å². The molecule has 220 valence electrons. The largest absolute Gasteiger partial charge is 0.504 e. The summed E-state index contributed by atoms with van der Waals surface area (Å²) in [5.41, 5.74) is 0.153. The number of rotatable bonds is 7. The van der Waals surface area contributed by atoms with Crippen LogP contribution in [0.1, 0.15) is 30.5 Å². The molecule has 11 heteroatoms. The Hall–Kier alpha value is -4.77. The Morgan fingerprint density at radius 2 is 1.40 bits per heavy atom. The summed E-state index contributed by atoms with van der Waals surface area (Å²) >= 11 is 3.90. The third-order valence-corrected chi connectivity index (χ3v) is 8.50. The molecule has 5 aromatic rings. The number of ether oxygens (including phenoxy) is 4. The maximum atomic E-state index is 14.2. The number of carbonyl (C=O) groups is 2. The molecule has 0 bridgehead atoms. The van der Waals surface area contributed by atoms with Gasteiger partial charge in [0.2, 0.25) is 0 Å². The number of ketones is 1. The fourth-order valence-electron chi connectivity index (χ4n) is 6.92. The molecule has 1 aliphatic carbocycles. The standard InChI is InChI=1S/C32H26O10S/c1-10-7-12-18-21-23-19(28(37)32(42-6)24(21)17(10)11(2)33)14(34)9-15(39-3)20(23)25-22(18)26(29(38)31(12)41-5)27(36)13(8-16(35)43)30(25)40-4/h9,37-38H,7-8H2,1-6H3,(H,35,43). The first-order chi connectivity index (χ1) is 20.4. The number of phenolic OH excluding ortho intramolecular Hbond substituents is 2. The molecule has 0 unspecified atom stereocenters. The highest BCUT2D eigenvalue weighted by molar-refractivity contribution is 7.96. The van der Waals surface area contributed by atoms with Crippen LogP contribution in [0.2, 0.25) is 0 Å². The number of Topliss-reactive ketones (excluding diaryl/α,β-unsaturated/α-hetero) is 1. The average Bonchev–Trinajstić information content (AvgIpc) is 3.08. The number of thiol groups is 1. The maximum Gasteiger partial charge on any atom is 0.197 e. The van der Waals surface area contributed by atoms with Crippen molar-refractivity contribution in [1.29, 1.82) is 0 Å². The summed E-state index contributed by atoms with van der Waals surface area (Å²) in [4.78, 5) is 53.4. The quantitative estimate of drug-likeness (QED) is 0.140. The van der Waals surface area contributed by atoms with E-state index in [9.17, 15) is 29.4 Å². The monoisotopic (exact) mass is 602 g/mol. The molecule has 0 amide bonds. The summed E-state index contributed by atoms with van der Waals surface area (Å²) in [6.45, 7) is 3.12. The van der Waals surface area contributed by atoms with Crippen molar-refractivity contribution in [1.82, 2.24) is 0 Å². The topological polar surface area (TPSA) is 146 Å². The lowest BCUT2D eigenvalue weighted by Crippen LogP contribution is -2.16. The number of benzene rings is 5. The number of hydrogen-bond donors (Lipinski definition) is 3. The molecule has 0 fully saturated rings. The molecule has 43 heavy (non-hydrogen) atoms. The normalized spacial score (nSPS) is 13.0. The maximum absolute atomic E-state index is 14.2. The van der Waals surface area contributed by atoms with Gasteiger partial charge in [0.1, 0.15) is 11.5 Å². The van der Waals surface area contributed by atoms with Crippen LogP contribution in [0.4, 0.5) is 0 Å². The summed E-state index contributed by atoms with van der Waals surface area (Å²) in [6, 6.07) is 1.20. The van der Waals surface area contributed by atoms with Crippen LogP contribution in [0.25, 0.3) is 48.7 Å². The van der Waals surface area contributed by atoms with E-state index in [0.29, 0.717) is 21.9 Å². The summed E-state index contributed by atoms with van der Waals surface area (Å²) in [5, 5.41) is 24.1. The predicted octanol–water partition coefficient (Wildman–Crippen LogP) is 4.26. The number of hydrogen-bond acceptors (Lipinski definition) is 10. The van der Waals surface area contributed by atoms with Gasteiger partial charge in [0, 0.05) is 56.1 Å². The molecule has 5 aromatic carbocycles. The lowest BCUT2D eigenvalue weighted by Gasteiger charge is -2.25. The first kappa shape index (κ1) is 28.4. The highest BCUT2D eigenvalue weighted by Gasteiger charge is 2.37. The third kappa shape index (κ3) is 3.48. The number of aromatic hydroxyl groups is 2. The molecular weight excluding hydrogens is 576 g/mol. The van der Waals surface area contributed by atoms with E-state index in [1.807, 2.05) is 0 Å². The Balaban J connectivity index is 2.20. The van der Waals surface area contributed by atoms with Crippen LogP contribution >= 0.6 is 12.6 Å². The van der Waals surface area contributed by atoms with Crippen LogP contribution in [-0.4, -0.2) is 49.6 Å². The minimum absolute atomic E-state index is 0.0112. The second-order valence-corrected chi connectivity index (χ2v) is 11.0. The summed E-state index contributed by atoms with van der Waals surface area (Å²) in [6.07, 6.45) is -0.327. The van der Waals surface area contributed by atoms with E-state index < -0.39 is 33.9 Å². The van der Waals surface area contributed by atoms with Gasteiger partial charge in [0.05, 0.1) is 44.8 Å². The number of allylic oxidation sites excluding steroid dienone is 2. The van der Waals surface area contributed by atoms with Gasteiger partial charge >= 0.3 is 0 Å². The second-order valence-electron chi connectivity index (χ2n) is 10.5. The van der Waals surface area contributed by atoms with Crippen molar-refractivity contribution in [2.45, 2.75) is 26.7 Å². The molecule has 0 aliphatic heterocycles. The van der Waals surface area contributed by atoms with Gasteiger partial charge in [-0.05, 0) is 25.7 Å². The zero-order valence-electron chi connectivity index (χ0n) is 24.1. The minimum atomic E-state index is -0.677. The lowest BCUT2D eigenvalue weighted by atomic mass is 9.82. The van der Waals surface area contributed by atoms with E-state index >= 15 is 0 Å². The van der Waals surface area contributed by atoms with Crippen molar-refractivity contribution >= 4 is 72.2 Å². The molecule has 0 radical (unpaired) electrons. The van der Waals surface area contributed by atoms with Gasteiger partial charge in [-0.3, -0.25) is 19.2 Å². The van der Waals surface area contributed by atoms with Gasteiger partial charge in [-0.25, -0.2) is 0 Å². The molecule has 0 spiro atoms. The lowest BCUT2D eigenvalue weighted by molar-refractivity contribution is -0.112. The zero-order chi connectivity index (χ0) is 31.2. The van der Waals surface area contributed by atoms with Gasteiger partial charge < -0.3 is 29.2 Å². The number of fused-ring (bicyclic) bond motifs is 1. The van der Waals surface area contributed by atoms with Crippen LogP contribution in [-0.2, 0) is 22.4 Å². The highest BCUT2D eigenvalue weighted by atomic mass is 32.1. The summed E-state index contributed by atoms with van der Waals surface area (Å²) in [5.74, 6) is -1.26. The first-order valence-corrected chi connectivity index (χ1v) is 13.6. The number of methoxy groups -OCH3 is 4.